The molecule has 0 saturated carbocycles. The zero-order chi connectivity index (χ0) is 14.5. The fraction of sp³-hybridized carbons (Fsp3) is 0.250. The van der Waals surface area contributed by atoms with Gasteiger partial charge in [0.05, 0.1) is 0 Å². The predicted octanol–water partition coefficient (Wildman–Crippen LogP) is 4.72. The molecule has 106 valence electrons. The lowest BCUT2D eigenvalue weighted by Gasteiger charge is -2.14. The van der Waals surface area contributed by atoms with Gasteiger partial charge in [0, 0.05) is 21.7 Å². The predicted molar refractivity (Wildman–Crippen MR) is 87.6 cm³/mol. The maximum Gasteiger partial charge on any atom is 0.167 e. The lowest BCUT2D eigenvalue weighted by Crippen LogP contribution is -2.22. The molecule has 2 aromatic carbocycles. The Bertz CT molecular complexity index is 586. The summed E-state index contributed by atoms with van der Waals surface area (Å²) in [6.45, 7) is 4.69. The van der Waals surface area contributed by atoms with Crippen LogP contribution in [0.25, 0.3) is 0 Å². The van der Waals surface area contributed by atoms with Gasteiger partial charge in [-0.2, -0.15) is 0 Å². The third kappa shape index (κ3) is 4.18. The Morgan fingerprint density at radius 1 is 1.20 bits per heavy atom. The zero-order valence-electron chi connectivity index (χ0n) is 11.5. The van der Waals surface area contributed by atoms with Gasteiger partial charge in [-0.1, -0.05) is 32.0 Å². The van der Waals surface area contributed by atoms with Gasteiger partial charge in [0.15, 0.2) is 11.6 Å². The van der Waals surface area contributed by atoms with E-state index in [0.29, 0.717) is 24.1 Å². The summed E-state index contributed by atoms with van der Waals surface area (Å²) < 4.78 is 20.8. The van der Waals surface area contributed by atoms with Crippen molar-refractivity contribution in [2.24, 2.45) is 0 Å². The number of nitrogens with one attached hydrogen (secondary N) is 1. The normalized spacial score (nSPS) is 10.8. The minimum atomic E-state index is -0.341. The average molecular weight is 385 g/mol. The van der Waals surface area contributed by atoms with Crippen LogP contribution in [0.15, 0.2) is 42.5 Å². The Morgan fingerprint density at radius 3 is 2.65 bits per heavy atom. The molecule has 0 atom stereocenters. The molecule has 2 nitrogen and oxygen atoms in total. The van der Waals surface area contributed by atoms with E-state index in [9.17, 15) is 4.39 Å². The van der Waals surface area contributed by atoms with E-state index >= 15 is 0 Å². The Kier molecular flexibility index (Phi) is 5.37. The van der Waals surface area contributed by atoms with Gasteiger partial charge >= 0.3 is 0 Å². The average Bonchev–Trinajstić information content (AvgIpc) is 2.39. The third-order valence-corrected chi connectivity index (χ3v) is 3.44. The molecule has 0 fully saturated rings. The van der Waals surface area contributed by atoms with E-state index in [0.717, 1.165) is 9.13 Å². The van der Waals surface area contributed by atoms with Crippen LogP contribution in [0.3, 0.4) is 0 Å². The van der Waals surface area contributed by atoms with Crippen LogP contribution < -0.4 is 10.1 Å². The summed E-state index contributed by atoms with van der Waals surface area (Å²) in [4.78, 5) is 0. The molecule has 0 spiro atoms. The molecule has 2 aromatic rings. The van der Waals surface area contributed by atoms with Crippen molar-refractivity contribution in [3.8, 4) is 11.5 Å². The van der Waals surface area contributed by atoms with E-state index < -0.39 is 0 Å². The first-order valence-corrected chi connectivity index (χ1v) is 7.58. The van der Waals surface area contributed by atoms with Gasteiger partial charge in [0.1, 0.15) is 5.75 Å². The van der Waals surface area contributed by atoms with Gasteiger partial charge in [-0.05, 0) is 46.9 Å². The van der Waals surface area contributed by atoms with Crippen molar-refractivity contribution in [1.29, 1.82) is 0 Å². The number of ether oxygens (including phenoxy) is 1. The summed E-state index contributed by atoms with van der Waals surface area (Å²) in [5.74, 6) is 0.599. The van der Waals surface area contributed by atoms with E-state index in [-0.39, 0.29) is 5.82 Å². The Hall–Kier alpha value is -1.14. The van der Waals surface area contributed by atoms with E-state index in [1.54, 1.807) is 6.07 Å². The molecule has 0 aliphatic heterocycles. The van der Waals surface area contributed by atoms with Gasteiger partial charge in [-0.25, -0.2) is 4.39 Å². The van der Waals surface area contributed by atoms with Gasteiger partial charge in [0.25, 0.3) is 0 Å². The molecule has 0 heterocycles. The van der Waals surface area contributed by atoms with E-state index in [2.05, 4.69) is 41.8 Å². The van der Waals surface area contributed by atoms with Crippen LogP contribution in [0.5, 0.6) is 11.5 Å². The fourth-order valence-corrected chi connectivity index (χ4v) is 2.28. The van der Waals surface area contributed by atoms with Crippen LogP contribution in [-0.4, -0.2) is 6.04 Å². The molecule has 2 rings (SSSR count). The van der Waals surface area contributed by atoms with Gasteiger partial charge < -0.3 is 10.1 Å². The first-order valence-electron chi connectivity index (χ1n) is 6.50. The van der Waals surface area contributed by atoms with Crippen molar-refractivity contribution in [3.63, 3.8) is 0 Å². The highest BCUT2D eigenvalue weighted by Gasteiger charge is 2.11. The highest BCUT2D eigenvalue weighted by molar-refractivity contribution is 14.1. The van der Waals surface area contributed by atoms with Crippen molar-refractivity contribution in [2.45, 2.75) is 26.4 Å². The summed E-state index contributed by atoms with van der Waals surface area (Å²) in [7, 11) is 0. The molecule has 0 amide bonds. The quantitative estimate of drug-likeness (QED) is 0.753. The number of rotatable bonds is 5. The van der Waals surface area contributed by atoms with E-state index in [4.69, 9.17) is 4.74 Å². The monoisotopic (exact) mass is 385 g/mol. The molecule has 0 aliphatic rings. The molecule has 0 bridgehead atoms. The van der Waals surface area contributed by atoms with Crippen molar-refractivity contribution < 1.29 is 9.13 Å². The van der Waals surface area contributed by atoms with Crippen molar-refractivity contribution >= 4 is 22.6 Å². The first kappa shape index (κ1) is 15.3. The van der Waals surface area contributed by atoms with E-state index in [1.807, 2.05) is 30.3 Å². The molecule has 0 unspecified atom stereocenters. The van der Waals surface area contributed by atoms with Crippen LogP contribution in [0.1, 0.15) is 19.4 Å². The van der Waals surface area contributed by atoms with E-state index in [1.165, 1.54) is 6.07 Å². The third-order valence-electron chi connectivity index (χ3n) is 2.77. The summed E-state index contributed by atoms with van der Waals surface area (Å²) >= 11 is 2.20. The standard InChI is InChI=1S/C16H17FINO/c1-11(2)19-10-12-5-3-8-15(17)16(12)20-14-7-4-6-13(18)9-14/h3-9,11,19H,10H2,1-2H3. The fourth-order valence-electron chi connectivity index (χ4n) is 1.77. The maximum atomic E-state index is 14.0. The molecule has 20 heavy (non-hydrogen) atoms. The van der Waals surface area contributed by atoms with Gasteiger partial charge in [-0.15, -0.1) is 0 Å². The molecule has 0 aromatic heterocycles. The molecule has 4 heteroatoms. The molecule has 0 radical (unpaired) electrons. The topological polar surface area (TPSA) is 21.3 Å². The molecule has 1 N–H and O–H groups in total. The van der Waals surface area contributed by atoms with Gasteiger partial charge in [-0.3, -0.25) is 0 Å². The Labute approximate surface area is 132 Å². The highest BCUT2D eigenvalue weighted by atomic mass is 127. The Morgan fingerprint density at radius 2 is 1.95 bits per heavy atom. The van der Waals surface area contributed by atoms with Gasteiger partial charge in [0.2, 0.25) is 0 Å². The number of benzene rings is 2. The molecular weight excluding hydrogens is 368 g/mol. The Balaban J connectivity index is 2.25. The highest BCUT2D eigenvalue weighted by Crippen LogP contribution is 2.29. The smallest absolute Gasteiger partial charge is 0.167 e. The first-order chi connectivity index (χ1) is 9.56. The van der Waals surface area contributed by atoms with Crippen LogP contribution >= 0.6 is 22.6 Å². The molecular formula is C16H17FINO. The zero-order valence-corrected chi connectivity index (χ0v) is 13.6. The lowest BCUT2D eigenvalue weighted by atomic mass is 10.2. The number of hydrogen-bond acceptors (Lipinski definition) is 2. The lowest BCUT2D eigenvalue weighted by molar-refractivity contribution is 0.431. The second kappa shape index (κ2) is 7.04. The van der Waals surface area contributed by atoms with Crippen molar-refractivity contribution in [3.05, 3.63) is 57.4 Å². The summed E-state index contributed by atoms with van der Waals surface area (Å²) in [5.41, 5.74) is 0.817. The van der Waals surface area contributed by atoms with Crippen LogP contribution in [0, 0.1) is 9.39 Å². The van der Waals surface area contributed by atoms with Crippen LogP contribution in [0.2, 0.25) is 0 Å². The number of hydrogen-bond donors (Lipinski definition) is 1. The van der Waals surface area contributed by atoms with Crippen LogP contribution in [0.4, 0.5) is 4.39 Å². The second-order valence-corrected chi connectivity index (χ2v) is 6.07. The minimum absolute atomic E-state index is 0.294. The summed E-state index contributed by atoms with van der Waals surface area (Å²) in [6, 6.07) is 12.9. The second-order valence-electron chi connectivity index (χ2n) is 4.82. The molecule has 0 aliphatic carbocycles. The van der Waals surface area contributed by atoms with Crippen molar-refractivity contribution in [2.75, 3.05) is 0 Å². The summed E-state index contributed by atoms with van der Waals surface area (Å²) in [5, 5.41) is 3.28. The SMILES string of the molecule is CC(C)NCc1cccc(F)c1Oc1cccc(I)c1. The largest absolute Gasteiger partial charge is 0.454 e. The minimum Gasteiger partial charge on any atom is -0.454 e. The summed E-state index contributed by atoms with van der Waals surface area (Å²) in [6.07, 6.45) is 0. The number of para-hydroxylation sites is 1. The van der Waals surface area contributed by atoms with Crippen molar-refractivity contribution in [1.82, 2.24) is 5.32 Å². The van der Waals surface area contributed by atoms with Crippen LogP contribution in [-0.2, 0) is 6.54 Å². The maximum absolute atomic E-state index is 14.0. The number of halogens is 2. The molecule has 0 saturated heterocycles.